The van der Waals surface area contributed by atoms with Crippen molar-refractivity contribution in [2.24, 2.45) is 17.8 Å². The number of unbranched alkanes of at least 4 members (excludes halogenated alkanes) is 6. The molecule has 1 aliphatic rings. The molecule has 0 aromatic carbocycles. The summed E-state index contributed by atoms with van der Waals surface area (Å²) in [5, 5.41) is 38.6. The quantitative estimate of drug-likeness (QED) is 0.162. The summed E-state index contributed by atoms with van der Waals surface area (Å²) in [5.41, 5.74) is 0. The Hall–Kier alpha value is -2.24. The fraction of sp³-hybridized carbons (Fsp3) is 0.857. The number of hydrogen-bond acceptors (Lipinski definition) is 8. The Bertz CT molecular complexity index is 791. The molecular formula is C28H51N3O8. The second kappa shape index (κ2) is 17.5. The number of carbonyl (C=O) groups excluding carboxylic acids is 4. The summed E-state index contributed by atoms with van der Waals surface area (Å²) < 4.78 is 5.71. The van der Waals surface area contributed by atoms with Crippen LogP contribution in [-0.4, -0.2) is 82.1 Å². The van der Waals surface area contributed by atoms with Gasteiger partial charge < -0.3 is 36.0 Å². The highest BCUT2D eigenvalue weighted by Gasteiger charge is 2.39. The third-order valence-electron chi connectivity index (χ3n) is 7.50. The highest BCUT2D eigenvalue weighted by molar-refractivity contribution is 5.94. The lowest BCUT2D eigenvalue weighted by Crippen LogP contribution is -2.60. The first kappa shape index (κ1) is 34.8. The molecule has 6 N–H and O–H groups in total. The number of carbonyl (C=O) groups is 4. The minimum Gasteiger partial charge on any atom is -0.460 e. The molecule has 0 radical (unpaired) electrons. The Labute approximate surface area is 232 Å². The second-order valence-corrected chi connectivity index (χ2v) is 11.2. The van der Waals surface area contributed by atoms with Crippen molar-refractivity contribution in [3.05, 3.63) is 0 Å². The van der Waals surface area contributed by atoms with Gasteiger partial charge in [-0.05, 0) is 25.7 Å². The van der Waals surface area contributed by atoms with Gasteiger partial charge in [0.05, 0.1) is 24.7 Å². The summed E-state index contributed by atoms with van der Waals surface area (Å²) in [6.45, 7) is 9.34. The van der Waals surface area contributed by atoms with E-state index >= 15 is 0 Å². The van der Waals surface area contributed by atoms with Crippen LogP contribution < -0.4 is 16.0 Å². The SMILES string of the molecule is CCCCCCCCCC1OC(=O)C(CO)NC(=O)C(C(C)O)NC(=O)C(C(C)C)NC(=O)C(C)C(O)C1C. The Balaban J connectivity index is 3.27. The zero-order valence-corrected chi connectivity index (χ0v) is 24.4. The van der Waals surface area contributed by atoms with Crippen LogP contribution in [0.15, 0.2) is 0 Å². The van der Waals surface area contributed by atoms with E-state index in [0.29, 0.717) is 6.42 Å². The summed E-state index contributed by atoms with van der Waals surface area (Å²) in [7, 11) is 0. The van der Waals surface area contributed by atoms with E-state index in [0.717, 1.165) is 38.5 Å². The van der Waals surface area contributed by atoms with E-state index in [-0.39, 0.29) is 5.92 Å². The number of rotatable bonds is 11. The van der Waals surface area contributed by atoms with Gasteiger partial charge in [-0.1, -0.05) is 73.1 Å². The maximum Gasteiger partial charge on any atom is 0.331 e. The number of esters is 1. The predicted octanol–water partition coefficient (Wildman–Crippen LogP) is 1.17. The average molecular weight is 558 g/mol. The van der Waals surface area contributed by atoms with E-state index in [2.05, 4.69) is 22.9 Å². The lowest BCUT2D eigenvalue weighted by Gasteiger charge is -2.32. The van der Waals surface area contributed by atoms with Crippen molar-refractivity contribution >= 4 is 23.7 Å². The molecule has 3 amide bonds. The van der Waals surface area contributed by atoms with Crippen LogP contribution in [0.25, 0.3) is 0 Å². The van der Waals surface area contributed by atoms with Crippen LogP contribution in [0.2, 0.25) is 0 Å². The minimum absolute atomic E-state index is 0.371. The fourth-order valence-electron chi connectivity index (χ4n) is 4.70. The molecule has 1 fully saturated rings. The highest BCUT2D eigenvalue weighted by atomic mass is 16.5. The predicted molar refractivity (Wildman–Crippen MR) is 146 cm³/mol. The van der Waals surface area contributed by atoms with Crippen LogP contribution in [0.4, 0.5) is 0 Å². The molecule has 0 aliphatic carbocycles. The van der Waals surface area contributed by atoms with Crippen molar-refractivity contribution in [2.75, 3.05) is 6.61 Å². The average Bonchev–Trinajstić information content (AvgIpc) is 2.89. The van der Waals surface area contributed by atoms with Crippen molar-refractivity contribution < 1.29 is 39.2 Å². The molecule has 0 saturated carbocycles. The number of nitrogens with one attached hydrogen (secondary N) is 3. The van der Waals surface area contributed by atoms with Crippen LogP contribution in [0.5, 0.6) is 0 Å². The van der Waals surface area contributed by atoms with E-state index in [9.17, 15) is 34.5 Å². The molecule has 1 rings (SSSR count). The van der Waals surface area contributed by atoms with Gasteiger partial charge in [-0.3, -0.25) is 14.4 Å². The van der Waals surface area contributed by atoms with Crippen LogP contribution in [0, 0.1) is 17.8 Å². The zero-order valence-electron chi connectivity index (χ0n) is 24.4. The molecular weight excluding hydrogens is 506 g/mol. The molecule has 8 unspecified atom stereocenters. The van der Waals surface area contributed by atoms with Crippen molar-refractivity contribution in [1.29, 1.82) is 0 Å². The first-order valence-electron chi connectivity index (χ1n) is 14.4. The largest absolute Gasteiger partial charge is 0.460 e. The Morgan fingerprint density at radius 1 is 0.821 bits per heavy atom. The number of aliphatic hydroxyl groups excluding tert-OH is 3. The molecule has 1 saturated heterocycles. The molecule has 11 heteroatoms. The van der Waals surface area contributed by atoms with Crippen LogP contribution in [-0.2, 0) is 23.9 Å². The second-order valence-electron chi connectivity index (χ2n) is 11.2. The molecule has 0 aromatic rings. The van der Waals surface area contributed by atoms with E-state index in [4.69, 9.17) is 4.74 Å². The molecule has 1 aliphatic heterocycles. The van der Waals surface area contributed by atoms with Gasteiger partial charge in [0.25, 0.3) is 0 Å². The van der Waals surface area contributed by atoms with E-state index in [1.165, 1.54) is 20.3 Å². The molecule has 8 atom stereocenters. The number of hydrogen-bond donors (Lipinski definition) is 6. The number of ether oxygens (including phenoxy) is 1. The van der Waals surface area contributed by atoms with Crippen molar-refractivity contribution in [2.45, 2.75) is 129 Å². The third kappa shape index (κ3) is 11.0. The summed E-state index contributed by atoms with van der Waals surface area (Å²) in [5.74, 6) is -5.01. The molecule has 0 bridgehead atoms. The number of aliphatic hydroxyl groups is 3. The normalized spacial score (nSPS) is 30.5. The van der Waals surface area contributed by atoms with Crippen LogP contribution >= 0.6 is 0 Å². The van der Waals surface area contributed by atoms with Gasteiger partial charge in [0, 0.05) is 5.92 Å². The van der Waals surface area contributed by atoms with Gasteiger partial charge in [-0.25, -0.2) is 4.79 Å². The molecule has 226 valence electrons. The zero-order chi connectivity index (χ0) is 29.7. The smallest absolute Gasteiger partial charge is 0.331 e. The van der Waals surface area contributed by atoms with Gasteiger partial charge in [0.1, 0.15) is 18.2 Å². The summed E-state index contributed by atoms with van der Waals surface area (Å²) >= 11 is 0. The standard InChI is InChI=1S/C28H51N3O8/c1-7-8-9-10-11-12-13-14-21-17(4)24(34)18(5)25(35)30-22(16(2)3)26(36)31-23(19(6)33)27(37)29-20(15-32)28(38)39-21/h16-24,32-34H,7-15H2,1-6H3,(H,29,37)(H,30,35)(H,31,36). The van der Waals surface area contributed by atoms with Gasteiger partial charge in [-0.2, -0.15) is 0 Å². The Kier molecular flexibility index (Phi) is 15.6. The summed E-state index contributed by atoms with van der Waals surface area (Å²) in [6, 6.07) is -3.94. The van der Waals surface area contributed by atoms with Crippen LogP contribution in [0.3, 0.4) is 0 Å². The number of cyclic esters (lactones) is 1. The third-order valence-corrected chi connectivity index (χ3v) is 7.50. The molecule has 1 heterocycles. The van der Waals surface area contributed by atoms with Crippen molar-refractivity contribution in [3.8, 4) is 0 Å². The maximum atomic E-state index is 13.1. The summed E-state index contributed by atoms with van der Waals surface area (Å²) in [4.78, 5) is 52.1. The number of amides is 3. The Morgan fingerprint density at radius 2 is 1.36 bits per heavy atom. The maximum absolute atomic E-state index is 13.1. The Morgan fingerprint density at radius 3 is 1.90 bits per heavy atom. The fourth-order valence-corrected chi connectivity index (χ4v) is 4.70. The van der Waals surface area contributed by atoms with Gasteiger partial charge in [0.2, 0.25) is 17.7 Å². The van der Waals surface area contributed by atoms with E-state index < -0.39 is 78.6 Å². The van der Waals surface area contributed by atoms with Crippen molar-refractivity contribution in [3.63, 3.8) is 0 Å². The topological polar surface area (TPSA) is 174 Å². The molecule has 39 heavy (non-hydrogen) atoms. The lowest BCUT2D eigenvalue weighted by molar-refractivity contribution is -0.160. The van der Waals surface area contributed by atoms with E-state index in [1.54, 1.807) is 20.8 Å². The van der Waals surface area contributed by atoms with Crippen molar-refractivity contribution in [1.82, 2.24) is 16.0 Å². The van der Waals surface area contributed by atoms with Gasteiger partial charge in [-0.15, -0.1) is 0 Å². The van der Waals surface area contributed by atoms with E-state index in [1.807, 2.05) is 0 Å². The minimum atomic E-state index is -1.45. The van der Waals surface area contributed by atoms with Gasteiger partial charge in [0.15, 0.2) is 6.04 Å². The first-order chi connectivity index (χ1) is 18.3. The highest BCUT2D eigenvalue weighted by Crippen LogP contribution is 2.25. The molecule has 0 aromatic heterocycles. The lowest BCUT2D eigenvalue weighted by atomic mass is 9.86. The van der Waals surface area contributed by atoms with Crippen LogP contribution in [0.1, 0.15) is 92.9 Å². The monoisotopic (exact) mass is 557 g/mol. The summed E-state index contributed by atoms with van der Waals surface area (Å²) in [6.07, 6.45) is 4.42. The molecule has 11 nitrogen and oxygen atoms in total. The molecule has 0 spiro atoms. The van der Waals surface area contributed by atoms with Gasteiger partial charge >= 0.3 is 5.97 Å². The first-order valence-corrected chi connectivity index (χ1v) is 14.4.